The van der Waals surface area contributed by atoms with Crippen LogP contribution in [-0.2, 0) is 19.1 Å². The first kappa shape index (κ1) is 17.4. The lowest BCUT2D eigenvalue weighted by Gasteiger charge is -2.13. The molecule has 0 bridgehead atoms. The monoisotopic (exact) mass is 268 g/mol. The lowest BCUT2D eigenvalue weighted by atomic mass is 10.1. The fraction of sp³-hybridized carbons (Fsp3) is 0.600. The second-order valence-corrected chi connectivity index (χ2v) is 5.11. The summed E-state index contributed by atoms with van der Waals surface area (Å²) in [4.78, 5) is 22.9. The summed E-state index contributed by atoms with van der Waals surface area (Å²) in [7, 11) is 0. The predicted octanol–water partition coefficient (Wildman–Crippen LogP) is 3.03. The van der Waals surface area contributed by atoms with Crippen LogP contribution in [-0.4, -0.2) is 24.6 Å². The topological polar surface area (TPSA) is 52.6 Å². The van der Waals surface area contributed by atoms with Gasteiger partial charge in [-0.2, -0.15) is 0 Å². The van der Waals surface area contributed by atoms with E-state index in [1.165, 1.54) is 0 Å². The number of hydrogen-bond donors (Lipinski definition) is 0. The first-order chi connectivity index (χ1) is 8.73. The van der Waals surface area contributed by atoms with Crippen molar-refractivity contribution >= 4 is 11.9 Å². The first-order valence-electron chi connectivity index (χ1n) is 6.44. The van der Waals surface area contributed by atoms with E-state index >= 15 is 0 Å². The summed E-state index contributed by atoms with van der Waals surface area (Å²) >= 11 is 0. The number of carbonyl (C=O) groups excluding carboxylic acids is 2. The smallest absolute Gasteiger partial charge is 0.333 e. The Morgan fingerprint density at radius 1 is 1.16 bits per heavy atom. The molecule has 0 fully saturated rings. The van der Waals surface area contributed by atoms with Crippen LogP contribution >= 0.6 is 0 Å². The van der Waals surface area contributed by atoms with Crippen molar-refractivity contribution in [2.24, 2.45) is 5.92 Å². The van der Waals surface area contributed by atoms with E-state index in [1.807, 2.05) is 6.08 Å². The lowest BCUT2D eigenvalue weighted by Crippen LogP contribution is -2.22. The quantitative estimate of drug-likeness (QED) is 0.526. The van der Waals surface area contributed by atoms with Crippen molar-refractivity contribution in [1.82, 2.24) is 0 Å². The number of allylic oxidation sites excluding steroid dienone is 1. The molecule has 0 aliphatic rings. The van der Waals surface area contributed by atoms with Gasteiger partial charge in [-0.15, -0.1) is 0 Å². The van der Waals surface area contributed by atoms with Crippen LogP contribution in [0.1, 0.15) is 41.0 Å². The minimum Gasteiger partial charge on any atom is -0.458 e. The average molecular weight is 268 g/mol. The Balaban J connectivity index is 4.12. The molecule has 0 saturated carbocycles. The van der Waals surface area contributed by atoms with Crippen molar-refractivity contribution in [1.29, 1.82) is 0 Å². The highest BCUT2D eigenvalue weighted by atomic mass is 16.6. The fourth-order valence-electron chi connectivity index (χ4n) is 1.12. The van der Waals surface area contributed by atoms with Gasteiger partial charge in [0.1, 0.15) is 12.7 Å². The van der Waals surface area contributed by atoms with E-state index in [-0.39, 0.29) is 12.6 Å². The van der Waals surface area contributed by atoms with Crippen molar-refractivity contribution in [2.75, 3.05) is 6.61 Å². The molecule has 4 nitrogen and oxygen atoms in total. The second-order valence-electron chi connectivity index (χ2n) is 5.11. The van der Waals surface area contributed by atoms with Gasteiger partial charge in [0.15, 0.2) is 0 Å². The number of ether oxygens (including phenoxy) is 2. The average Bonchev–Trinajstić information content (AvgIpc) is 2.32. The Morgan fingerprint density at radius 3 is 2.21 bits per heavy atom. The molecule has 1 unspecified atom stereocenters. The van der Waals surface area contributed by atoms with E-state index in [1.54, 1.807) is 20.8 Å². The molecular weight excluding hydrogens is 244 g/mol. The molecule has 0 rings (SSSR count). The van der Waals surface area contributed by atoms with Crippen LogP contribution in [0.3, 0.4) is 0 Å². The molecule has 19 heavy (non-hydrogen) atoms. The van der Waals surface area contributed by atoms with Gasteiger partial charge in [-0.1, -0.05) is 26.5 Å². The Bertz CT molecular complexity index is 366. The third-order valence-corrected chi connectivity index (χ3v) is 2.32. The molecule has 0 aliphatic carbocycles. The Kier molecular flexibility index (Phi) is 7.80. The van der Waals surface area contributed by atoms with E-state index in [4.69, 9.17) is 9.47 Å². The van der Waals surface area contributed by atoms with Gasteiger partial charge < -0.3 is 9.47 Å². The molecule has 0 saturated heterocycles. The highest BCUT2D eigenvalue weighted by Gasteiger charge is 2.13. The van der Waals surface area contributed by atoms with Gasteiger partial charge in [0, 0.05) is 11.1 Å². The summed E-state index contributed by atoms with van der Waals surface area (Å²) < 4.78 is 10.1. The largest absolute Gasteiger partial charge is 0.458 e. The van der Waals surface area contributed by atoms with Crippen LogP contribution in [0.5, 0.6) is 0 Å². The fourth-order valence-corrected chi connectivity index (χ4v) is 1.12. The minimum absolute atomic E-state index is 0.0463. The molecule has 0 aromatic heterocycles. The van der Waals surface area contributed by atoms with Gasteiger partial charge in [-0.25, -0.2) is 9.59 Å². The molecule has 0 N–H and O–H groups in total. The molecule has 0 amide bonds. The highest BCUT2D eigenvalue weighted by molar-refractivity contribution is 5.88. The van der Waals surface area contributed by atoms with E-state index in [9.17, 15) is 9.59 Å². The van der Waals surface area contributed by atoms with E-state index in [0.717, 1.165) is 6.42 Å². The molecule has 0 heterocycles. The Hall–Kier alpha value is -1.58. The predicted molar refractivity (Wildman–Crippen MR) is 74.5 cm³/mol. The molecular formula is C15H24O4. The zero-order valence-electron chi connectivity index (χ0n) is 12.5. The van der Waals surface area contributed by atoms with Gasteiger partial charge in [0.25, 0.3) is 0 Å². The zero-order valence-corrected chi connectivity index (χ0v) is 12.5. The van der Waals surface area contributed by atoms with Crippen LogP contribution < -0.4 is 0 Å². The molecule has 108 valence electrons. The summed E-state index contributed by atoms with van der Waals surface area (Å²) in [5.74, 6) is -0.354. The molecule has 1 atom stereocenters. The molecule has 0 spiro atoms. The Labute approximate surface area is 115 Å². The number of hydrogen-bond acceptors (Lipinski definition) is 4. The molecule has 4 heteroatoms. The molecule has 0 aromatic carbocycles. The zero-order chi connectivity index (χ0) is 15.0. The number of esters is 2. The minimum atomic E-state index is -0.481. The third-order valence-electron chi connectivity index (χ3n) is 2.32. The summed E-state index contributed by atoms with van der Waals surface area (Å²) in [6.07, 6.45) is 2.21. The standard InChI is InChI=1S/C15H24O4/c1-10(2)7-8-12(5)15(17)18-9-13(6)19-14(16)11(3)4/h8,10,13H,3,7,9H2,1-2,4-6H3. The van der Waals surface area contributed by atoms with E-state index in [0.29, 0.717) is 17.1 Å². The number of carbonyl (C=O) groups is 2. The van der Waals surface area contributed by atoms with Crippen LogP contribution in [0.2, 0.25) is 0 Å². The summed E-state index contributed by atoms with van der Waals surface area (Å²) in [5, 5.41) is 0. The van der Waals surface area contributed by atoms with Crippen molar-refractivity contribution < 1.29 is 19.1 Å². The van der Waals surface area contributed by atoms with Gasteiger partial charge in [-0.05, 0) is 33.1 Å². The van der Waals surface area contributed by atoms with Gasteiger partial charge in [0.2, 0.25) is 0 Å². The maximum atomic E-state index is 11.6. The molecule has 0 aromatic rings. The highest BCUT2D eigenvalue weighted by Crippen LogP contribution is 2.06. The third kappa shape index (κ3) is 8.19. The van der Waals surface area contributed by atoms with Crippen molar-refractivity contribution in [3.05, 3.63) is 23.8 Å². The Morgan fingerprint density at radius 2 is 1.74 bits per heavy atom. The van der Waals surface area contributed by atoms with Gasteiger partial charge in [-0.3, -0.25) is 0 Å². The molecule has 0 radical (unpaired) electrons. The SMILES string of the molecule is C=C(C)C(=O)OC(C)COC(=O)C(C)=CCC(C)C. The van der Waals surface area contributed by atoms with E-state index < -0.39 is 12.1 Å². The van der Waals surface area contributed by atoms with Gasteiger partial charge in [0.05, 0.1) is 0 Å². The summed E-state index contributed by atoms with van der Waals surface area (Å²) in [6, 6.07) is 0. The molecule has 0 aliphatic heterocycles. The first-order valence-corrected chi connectivity index (χ1v) is 6.44. The van der Waals surface area contributed by atoms with Gasteiger partial charge >= 0.3 is 11.9 Å². The lowest BCUT2D eigenvalue weighted by molar-refractivity contribution is -0.152. The maximum Gasteiger partial charge on any atom is 0.333 e. The van der Waals surface area contributed by atoms with Crippen molar-refractivity contribution in [2.45, 2.75) is 47.1 Å². The number of rotatable bonds is 7. The van der Waals surface area contributed by atoms with Crippen LogP contribution in [0.15, 0.2) is 23.8 Å². The van der Waals surface area contributed by atoms with Crippen molar-refractivity contribution in [3.8, 4) is 0 Å². The van der Waals surface area contributed by atoms with Crippen LogP contribution in [0, 0.1) is 5.92 Å². The second kappa shape index (κ2) is 8.51. The van der Waals surface area contributed by atoms with Crippen molar-refractivity contribution in [3.63, 3.8) is 0 Å². The summed E-state index contributed by atoms with van der Waals surface area (Å²) in [5.41, 5.74) is 0.901. The normalized spacial score (nSPS) is 13.1. The van der Waals surface area contributed by atoms with Crippen LogP contribution in [0.4, 0.5) is 0 Å². The van der Waals surface area contributed by atoms with Crippen LogP contribution in [0.25, 0.3) is 0 Å². The van der Waals surface area contributed by atoms with E-state index in [2.05, 4.69) is 20.4 Å². The summed E-state index contributed by atoms with van der Waals surface area (Å²) in [6.45, 7) is 12.6. The maximum absolute atomic E-state index is 11.6.